The van der Waals surface area contributed by atoms with E-state index in [1.807, 2.05) is 42.1 Å². The highest BCUT2D eigenvalue weighted by atomic mass is 19.3. The number of imidazole rings is 1. The number of aromatic nitrogens is 5. The zero-order valence-corrected chi connectivity index (χ0v) is 18.2. The average Bonchev–Trinajstić information content (AvgIpc) is 3.48. The molecule has 1 amide bonds. The van der Waals surface area contributed by atoms with Gasteiger partial charge in [0.25, 0.3) is 5.91 Å². The molecule has 2 atom stereocenters. The molecule has 4 aromatic rings. The maximum atomic E-state index is 13.2. The summed E-state index contributed by atoms with van der Waals surface area (Å²) in [5.41, 5.74) is 3.61. The number of hydrogen-bond donors (Lipinski definition) is 0. The van der Waals surface area contributed by atoms with Gasteiger partial charge in [-0.3, -0.25) is 9.48 Å². The molecular formula is C24H18F2N6O2. The first-order chi connectivity index (χ1) is 16.4. The predicted octanol–water partition coefficient (Wildman–Crippen LogP) is 3.29. The first kappa shape index (κ1) is 20.4. The van der Waals surface area contributed by atoms with Gasteiger partial charge in [0.05, 0.1) is 34.2 Å². The minimum Gasteiger partial charge on any atom is -0.417 e. The monoisotopic (exact) mass is 460 g/mol. The lowest BCUT2D eigenvalue weighted by Gasteiger charge is -2.24. The molecule has 0 aliphatic carbocycles. The number of carbonyl (C=O) groups is 1. The highest BCUT2D eigenvalue weighted by Gasteiger charge is 2.45. The van der Waals surface area contributed by atoms with Gasteiger partial charge in [-0.05, 0) is 36.3 Å². The Labute approximate surface area is 192 Å². The molecule has 5 heterocycles. The van der Waals surface area contributed by atoms with E-state index < -0.39 is 12.7 Å². The molecule has 6 rings (SSSR count). The van der Waals surface area contributed by atoms with Crippen molar-refractivity contribution in [2.24, 2.45) is 7.05 Å². The Morgan fingerprint density at radius 1 is 1.15 bits per heavy atom. The Balaban J connectivity index is 1.53. The number of ether oxygens (including phenoxy) is 1. The molecule has 0 radical (unpaired) electrons. The fourth-order valence-corrected chi connectivity index (χ4v) is 4.84. The molecule has 2 aliphatic heterocycles. The van der Waals surface area contributed by atoms with Crippen molar-refractivity contribution >= 4 is 16.9 Å². The normalized spacial score (nSPS) is 18.5. The third kappa shape index (κ3) is 3.04. The van der Waals surface area contributed by atoms with Gasteiger partial charge in [0.2, 0.25) is 5.88 Å². The second-order valence-electron chi connectivity index (χ2n) is 8.31. The molecule has 8 nitrogen and oxygen atoms in total. The summed E-state index contributed by atoms with van der Waals surface area (Å²) in [5.74, 6) is 6.36. The number of carbonyl (C=O) groups excluding carboxylic acids is 1. The number of benzene rings is 1. The van der Waals surface area contributed by atoms with Crippen LogP contribution in [0.3, 0.4) is 0 Å². The van der Waals surface area contributed by atoms with Crippen LogP contribution in [0.4, 0.5) is 8.78 Å². The van der Waals surface area contributed by atoms with Gasteiger partial charge in [-0.1, -0.05) is 5.92 Å². The summed E-state index contributed by atoms with van der Waals surface area (Å²) in [6.07, 6.45) is 3.63. The summed E-state index contributed by atoms with van der Waals surface area (Å²) < 4.78 is 34.8. The molecule has 3 aromatic heterocycles. The maximum Gasteiger partial charge on any atom is 0.388 e. The topological polar surface area (TPSA) is 78.1 Å². The summed E-state index contributed by atoms with van der Waals surface area (Å²) in [7, 11) is 3.53. The van der Waals surface area contributed by atoms with Crippen LogP contribution >= 0.6 is 0 Å². The molecule has 0 spiro atoms. The number of halogens is 2. The molecule has 0 saturated heterocycles. The molecule has 0 fully saturated rings. The molecule has 2 aliphatic rings. The molecule has 2 bridgehead atoms. The van der Waals surface area contributed by atoms with Gasteiger partial charge in [0.15, 0.2) is 0 Å². The molecule has 1 aromatic carbocycles. The minimum atomic E-state index is -3.06. The number of nitrogens with zero attached hydrogens (tertiary/aromatic N) is 6. The highest BCUT2D eigenvalue weighted by molar-refractivity contribution is 5.97. The predicted molar refractivity (Wildman–Crippen MR) is 117 cm³/mol. The lowest BCUT2D eigenvalue weighted by atomic mass is 10.0. The molecule has 10 heteroatoms. The van der Waals surface area contributed by atoms with E-state index in [4.69, 9.17) is 9.72 Å². The Morgan fingerprint density at radius 2 is 2.00 bits per heavy atom. The molecule has 34 heavy (non-hydrogen) atoms. The van der Waals surface area contributed by atoms with Crippen LogP contribution in [0.25, 0.3) is 11.0 Å². The Kier molecular flexibility index (Phi) is 4.42. The first-order valence-electron chi connectivity index (χ1n) is 10.6. The average molecular weight is 460 g/mol. The number of amides is 1. The van der Waals surface area contributed by atoms with Gasteiger partial charge in [-0.25, -0.2) is 9.97 Å². The van der Waals surface area contributed by atoms with Gasteiger partial charge < -0.3 is 14.2 Å². The fraction of sp³-hybridized carbons (Fsp3) is 0.250. The number of hydrogen-bond acceptors (Lipinski definition) is 5. The van der Waals surface area contributed by atoms with Crippen LogP contribution in [0.2, 0.25) is 0 Å². The van der Waals surface area contributed by atoms with Gasteiger partial charge in [-0.15, -0.1) is 0 Å². The van der Waals surface area contributed by atoms with E-state index in [-0.39, 0.29) is 17.8 Å². The van der Waals surface area contributed by atoms with E-state index in [1.54, 1.807) is 22.7 Å². The lowest BCUT2D eigenvalue weighted by molar-refractivity contribution is -0.0537. The van der Waals surface area contributed by atoms with Crippen molar-refractivity contribution in [2.75, 3.05) is 7.05 Å². The van der Waals surface area contributed by atoms with Crippen LogP contribution < -0.4 is 4.74 Å². The number of fused-ring (bicyclic) bond motifs is 9. The number of aryl methyl sites for hydroxylation is 1. The maximum absolute atomic E-state index is 13.2. The van der Waals surface area contributed by atoms with Gasteiger partial charge in [0, 0.05) is 38.5 Å². The quantitative estimate of drug-likeness (QED) is 0.429. The van der Waals surface area contributed by atoms with Crippen molar-refractivity contribution < 1.29 is 18.3 Å². The van der Waals surface area contributed by atoms with Crippen LogP contribution in [0, 0.1) is 11.8 Å². The number of rotatable bonds is 2. The van der Waals surface area contributed by atoms with Crippen LogP contribution in [0.15, 0.2) is 42.7 Å². The van der Waals surface area contributed by atoms with E-state index in [0.29, 0.717) is 29.1 Å². The zero-order valence-electron chi connectivity index (χ0n) is 18.2. The van der Waals surface area contributed by atoms with E-state index in [2.05, 4.69) is 21.9 Å². The van der Waals surface area contributed by atoms with E-state index >= 15 is 0 Å². The molecular weight excluding hydrogens is 442 g/mol. The van der Waals surface area contributed by atoms with E-state index in [9.17, 15) is 13.6 Å². The van der Waals surface area contributed by atoms with Crippen LogP contribution in [0.5, 0.6) is 5.88 Å². The van der Waals surface area contributed by atoms with Crippen molar-refractivity contribution in [2.45, 2.75) is 25.1 Å². The number of pyridine rings is 1. The fourth-order valence-electron chi connectivity index (χ4n) is 4.84. The van der Waals surface area contributed by atoms with Crippen LogP contribution in [-0.4, -0.2) is 48.8 Å². The summed E-state index contributed by atoms with van der Waals surface area (Å²) in [5, 5.41) is 4.27. The summed E-state index contributed by atoms with van der Waals surface area (Å²) in [6.45, 7) is -3.06. The van der Waals surface area contributed by atoms with Gasteiger partial charge in [0.1, 0.15) is 11.5 Å². The summed E-state index contributed by atoms with van der Waals surface area (Å²) in [6, 6.07) is 8.31. The van der Waals surface area contributed by atoms with Crippen molar-refractivity contribution in [1.29, 1.82) is 0 Å². The largest absolute Gasteiger partial charge is 0.417 e. The van der Waals surface area contributed by atoms with Crippen molar-refractivity contribution in [1.82, 2.24) is 29.2 Å². The van der Waals surface area contributed by atoms with E-state index in [1.165, 1.54) is 6.20 Å². The van der Waals surface area contributed by atoms with Gasteiger partial charge >= 0.3 is 6.61 Å². The second-order valence-corrected chi connectivity index (χ2v) is 8.31. The zero-order chi connectivity index (χ0) is 23.6. The van der Waals surface area contributed by atoms with Crippen molar-refractivity contribution in [3.63, 3.8) is 0 Å². The van der Waals surface area contributed by atoms with Crippen molar-refractivity contribution in [3.8, 4) is 17.7 Å². The third-order valence-corrected chi connectivity index (χ3v) is 6.33. The SMILES string of the molecule is CN1C(=O)c2ccnc(OC(F)F)c2[C@H]2C[C@@H]1c1nc3ccc(C#Cc4ccn(C)n4)cc3n12. The summed E-state index contributed by atoms with van der Waals surface area (Å²) in [4.78, 5) is 23.6. The molecule has 0 N–H and O–H groups in total. The molecule has 0 saturated carbocycles. The van der Waals surface area contributed by atoms with Crippen molar-refractivity contribution in [3.05, 3.63) is 70.9 Å². The standard InChI is InChI=1S/C24H18F2N6O2/c1-30-10-8-14(29-30)5-3-13-4-6-16-17(11-13)32-18-12-19(21(32)28-16)31(2)23(33)15-7-9-27-22(20(15)18)34-24(25)26/h4,6-11,18-19,24H,12H2,1-2H3/t18-,19-/m1/s1. The second kappa shape index (κ2) is 7.38. The first-order valence-corrected chi connectivity index (χ1v) is 10.6. The van der Waals surface area contributed by atoms with Crippen LogP contribution in [0.1, 0.15) is 51.5 Å². The Bertz CT molecular complexity index is 1530. The highest BCUT2D eigenvalue weighted by Crippen LogP contribution is 2.49. The summed E-state index contributed by atoms with van der Waals surface area (Å²) >= 11 is 0. The molecule has 170 valence electrons. The third-order valence-electron chi connectivity index (χ3n) is 6.33. The van der Waals surface area contributed by atoms with Gasteiger partial charge in [-0.2, -0.15) is 13.9 Å². The number of alkyl halides is 2. The van der Waals surface area contributed by atoms with E-state index in [0.717, 1.165) is 16.6 Å². The van der Waals surface area contributed by atoms with Crippen LogP contribution in [-0.2, 0) is 7.05 Å². The Morgan fingerprint density at radius 3 is 2.76 bits per heavy atom. The Hall–Kier alpha value is -4.26. The lowest BCUT2D eigenvalue weighted by Crippen LogP contribution is -2.30. The minimum absolute atomic E-state index is 0.235. The molecule has 0 unspecified atom stereocenters. The smallest absolute Gasteiger partial charge is 0.388 e.